The summed E-state index contributed by atoms with van der Waals surface area (Å²) in [5, 5.41) is 0. The Labute approximate surface area is 167 Å². The fraction of sp³-hybridized carbons (Fsp3) is 0.625. The van der Waals surface area contributed by atoms with Crippen LogP contribution in [0.3, 0.4) is 0 Å². The first-order valence-electron chi connectivity index (χ1n) is 10.5. The van der Waals surface area contributed by atoms with Crippen LogP contribution >= 0.6 is 0 Å². The van der Waals surface area contributed by atoms with Gasteiger partial charge in [0.15, 0.2) is 0 Å². The van der Waals surface area contributed by atoms with Crippen LogP contribution in [0.15, 0.2) is 17.7 Å². The molecule has 0 N–H and O–H groups in total. The molecule has 1 aromatic carbocycles. The van der Waals surface area contributed by atoms with E-state index in [2.05, 4.69) is 20.8 Å². The van der Waals surface area contributed by atoms with Gasteiger partial charge in [-0.2, -0.15) is 0 Å². The van der Waals surface area contributed by atoms with Gasteiger partial charge in [-0.3, -0.25) is 4.79 Å². The number of fused-ring (bicyclic) bond motifs is 1. The summed E-state index contributed by atoms with van der Waals surface area (Å²) in [5.41, 5.74) is 2.33. The number of rotatable bonds is 5. The normalized spacial score (nSPS) is 23.0. The van der Waals surface area contributed by atoms with Crippen molar-refractivity contribution in [1.29, 1.82) is 0 Å². The highest BCUT2D eigenvalue weighted by atomic mass is 19.3. The molecule has 2 aliphatic rings. The molecule has 0 aromatic heterocycles. The van der Waals surface area contributed by atoms with Gasteiger partial charge in [-0.05, 0) is 78.7 Å². The lowest BCUT2D eigenvalue weighted by Crippen LogP contribution is -2.31. The van der Waals surface area contributed by atoms with Crippen LogP contribution in [0.5, 0.6) is 5.75 Å². The molecule has 0 bridgehead atoms. The number of carbonyl (C=O) groups excluding carboxylic acids is 1. The summed E-state index contributed by atoms with van der Waals surface area (Å²) in [6.07, 6.45) is 7.21. The average Bonchev–Trinajstić information content (AvgIpc) is 2.67. The summed E-state index contributed by atoms with van der Waals surface area (Å²) in [6, 6.07) is 3.50. The maximum absolute atomic E-state index is 14.9. The smallest absolute Gasteiger partial charge is 0.276 e. The van der Waals surface area contributed by atoms with Crippen molar-refractivity contribution in [1.82, 2.24) is 0 Å². The van der Waals surface area contributed by atoms with E-state index >= 15 is 0 Å². The van der Waals surface area contributed by atoms with Crippen LogP contribution in [0, 0.1) is 11.3 Å². The maximum atomic E-state index is 14.9. The fourth-order valence-electron chi connectivity index (χ4n) is 4.58. The molecular formula is C24H32F2O2. The van der Waals surface area contributed by atoms with Crippen LogP contribution in [-0.2, 0) is 17.1 Å². The first-order valence-corrected chi connectivity index (χ1v) is 10.5. The first-order chi connectivity index (χ1) is 13.2. The number of carbonyl (C=O) groups is 1. The Bertz CT molecular complexity index is 751. The number of benzene rings is 1. The molecule has 2 nitrogen and oxygen atoms in total. The van der Waals surface area contributed by atoms with E-state index in [1.807, 2.05) is 6.07 Å². The number of hydrogen-bond acceptors (Lipinski definition) is 2. The molecule has 1 saturated carbocycles. The molecular weight excluding hydrogens is 358 g/mol. The lowest BCUT2D eigenvalue weighted by atomic mass is 9.72. The van der Waals surface area contributed by atoms with Crippen LogP contribution < -0.4 is 4.74 Å². The zero-order valence-corrected chi connectivity index (χ0v) is 17.5. The molecule has 28 heavy (non-hydrogen) atoms. The monoisotopic (exact) mass is 390 g/mol. The Kier molecular flexibility index (Phi) is 5.97. The van der Waals surface area contributed by atoms with Gasteiger partial charge in [-0.1, -0.05) is 33.8 Å². The third kappa shape index (κ3) is 4.31. The molecule has 0 amide bonds. The van der Waals surface area contributed by atoms with Gasteiger partial charge >= 0.3 is 0 Å². The Morgan fingerprint density at radius 3 is 2.36 bits per heavy atom. The van der Waals surface area contributed by atoms with Gasteiger partial charge in [0.05, 0.1) is 11.7 Å². The summed E-state index contributed by atoms with van der Waals surface area (Å²) >= 11 is 0. The number of hydrogen-bond donors (Lipinski definition) is 0. The van der Waals surface area contributed by atoms with Gasteiger partial charge in [-0.25, -0.2) is 8.78 Å². The van der Waals surface area contributed by atoms with Crippen molar-refractivity contribution >= 4 is 12.4 Å². The number of aldehydes is 1. The fourth-order valence-corrected chi connectivity index (χ4v) is 4.58. The summed E-state index contributed by atoms with van der Waals surface area (Å²) in [6.45, 7) is 8.31. The molecule has 1 fully saturated rings. The van der Waals surface area contributed by atoms with Crippen LogP contribution in [0.2, 0.25) is 0 Å². The van der Waals surface area contributed by atoms with Gasteiger partial charge in [-0.15, -0.1) is 0 Å². The van der Waals surface area contributed by atoms with Gasteiger partial charge < -0.3 is 4.74 Å². The van der Waals surface area contributed by atoms with Gasteiger partial charge in [0.1, 0.15) is 12.0 Å². The van der Waals surface area contributed by atoms with E-state index in [0.717, 1.165) is 37.5 Å². The van der Waals surface area contributed by atoms with Gasteiger partial charge in [0, 0.05) is 6.42 Å². The van der Waals surface area contributed by atoms with E-state index in [4.69, 9.17) is 4.74 Å². The van der Waals surface area contributed by atoms with E-state index in [1.165, 1.54) is 6.92 Å². The molecule has 3 rings (SSSR count). The van der Waals surface area contributed by atoms with Crippen LogP contribution in [-0.4, -0.2) is 12.4 Å². The van der Waals surface area contributed by atoms with Crippen molar-refractivity contribution in [3.05, 3.63) is 34.4 Å². The molecule has 0 heterocycles. The molecule has 0 spiro atoms. The Morgan fingerprint density at radius 1 is 1.11 bits per heavy atom. The molecule has 1 aromatic rings. The molecule has 154 valence electrons. The highest BCUT2D eigenvalue weighted by molar-refractivity contribution is 5.84. The molecule has 0 atom stereocenters. The van der Waals surface area contributed by atoms with Crippen LogP contribution in [0.1, 0.15) is 82.9 Å². The minimum Gasteiger partial charge on any atom is -0.490 e. The molecule has 0 unspecified atom stereocenters. The van der Waals surface area contributed by atoms with Crippen molar-refractivity contribution in [2.24, 2.45) is 11.3 Å². The van der Waals surface area contributed by atoms with Crippen LogP contribution in [0.25, 0.3) is 6.08 Å². The summed E-state index contributed by atoms with van der Waals surface area (Å²) in [5.74, 6) is -1.96. The van der Waals surface area contributed by atoms with Crippen molar-refractivity contribution in [3.8, 4) is 5.75 Å². The number of alkyl halides is 2. The summed E-state index contributed by atoms with van der Waals surface area (Å²) < 4.78 is 36.0. The Balaban J connectivity index is 1.88. The minimum atomic E-state index is -2.93. The van der Waals surface area contributed by atoms with E-state index in [0.29, 0.717) is 35.6 Å². The van der Waals surface area contributed by atoms with Gasteiger partial charge in [0.2, 0.25) is 0 Å². The average molecular weight is 391 g/mol. The third-order valence-electron chi connectivity index (χ3n) is 6.47. The minimum absolute atomic E-state index is 0.00674. The lowest BCUT2D eigenvalue weighted by Gasteiger charge is -2.37. The van der Waals surface area contributed by atoms with Crippen molar-refractivity contribution in [2.45, 2.75) is 84.7 Å². The predicted molar refractivity (Wildman–Crippen MR) is 109 cm³/mol. The molecule has 0 aliphatic heterocycles. The molecule has 4 heteroatoms. The van der Waals surface area contributed by atoms with E-state index in [-0.39, 0.29) is 23.5 Å². The van der Waals surface area contributed by atoms with E-state index in [9.17, 15) is 13.6 Å². The second-order valence-corrected chi connectivity index (χ2v) is 9.36. The number of ether oxygens (including phenoxy) is 1. The zero-order valence-electron chi connectivity index (χ0n) is 17.5. The molecule has 0 radical (unpaired) electrons. The number of allylic oxidation sites excluding steroid dienone is 1. The van der Waals surface area contributed by atoms with Crippen molar-refractivity contribution < 1.29 is 18.3 Å². The van der Waals surface area contributed by atoms with E-state index < -0.39 is 5.92 Å². The van der Waals surface area contributed by atoms with Crippen LogP contribution in [0.4, 0.5) is 8.78 Å². The van der Waals surface area contributed by atoms with Gasteiger partial charge in [0.25, 0.3) is 5.92 Å². The SMILES string of the molecule is CCC(F)(F)c1c(OC2CCC(C(C)(C)C)CC2)ccc2c1CCC(C=O)=C2. The highest BCUT2D eigenvalue weighted by Crippen LogP contribution is 2.45. The Morgan fingerprint density at radius 2 is 1.79 bits per heavy atom. The maximum Gasteiger partial charge on any atom is 0.276 e. The largest absolute Gasteiger partial charge is 0.490 e. The third-order valence-corrected chi connectivity index (χ3v) is 6.47. The molecule has 0 saturated heterocycles. The lowest BCUT2D eigenvalue weighted by molar-refractivity contribution is -0.105. The zero-order chi connectivity index (χ0) is 20.5. The topological polar surface area (TPSA) is 26.3 Å². The summed E-state index contributed by atoms with van der Waals surface area (Å²) in [7, 11) is 0. The quantitative estimate of drug-likeness (QED) is 0.523. The highest BCUT2D eigenvalue weighted by Gasteiger charge is 2.38. The first kappa shape index (κ1) is 21.0. The second-order valence-electron chi connectivity index (χ2n) is 9.36. The van der Waals surface area contributed by atoms with Crippen molar-refractivity contribution in [2.75, 3.05) is 0 Å². The summed E-state index contributed by atoms with van der Waals surface area (Å²) in [4.78, 5) is 11.1. The van der Waals surface area contributed by atoms with E-state index in [1.54, 1.807) is 12.1 Å². The molecule has 2 aliphatic carbocycles. The predicted octanol–water partition coefficient (Wildman–Crippen LogP) is 6.70. The second kappa shape index (κ2) is 7.96. The Hall–Kier alpha value is -1.71. The van der Waals surface area contributed by atoms with Crippen molar-refractivity contribution in [3.63, 3.8) is 0 Å². The standard InChI is InChI=1S/C24H32F2O2/c1-5-24(25,26)22-20-12-6-16(15-27)14-17(20)7-13-21(22)28-19-10-8-18(9-11-19)23(2,3)4/h7,13-15,18-19H,5-6,8-12H2,1-4H3. The number of halogens is 2.